The Hall–Kier alpha value is -0.0400. The van der Waals surface area contributed by atoms with Crippen LogP contribution < -0.4 is 0 Å². The van der Waals surface area contributed by atoms with Crippen LogP contribution in [0.4, 0.5) is 0 Å². The van der Waals surface area contributed by atoms with E-state index in [0.717, 1.165) is 6.42 Å². The van der Waals surface area contributed by atoms with E-state index in [4.69, 9.17) is 5.11 Å². The van der Waals surface area contributed by atoms with Gasteiger partial charge in [0, 0.05) is 6.61 Å². The topological polar surface area (TPSA) is 20.2 Å². The second-order valence-corrected chi connectivity index (χ2v) is 3.49. The van der Waals surface area contributed by atoms with Crippen molar-refractivity contribution in [1.29, 1.82) is 0 Å². The highest BCUT2D eigenvalue weighted by atomic mass is 16.2. The molecule has 0 spiro atoms. The first-order valence-corrected chi connectivity index (χ1v) is 5.94. The summed E-state index contributed by atoms with van der Waals surface area (Å²) in [5.41, 5.74) is 0. The van der Waals surface area contributed by atoms with Gasteiger partial charge in [0.05, 0.1) is 0 Å². The highest BCUT2D eigenvalue weighted by molar-refractivity contribution is 4.35. The number of rotatable bonds is 7. The van der Waals surface area contributed by atoms with Crippen LogP contribution >= 0.6 is 0 Å². The van der Waals surface area contributed by atoms with Crippen molar-refractivity contribution in [2.24, 2.45) is 0 Å². The van der Waals surface area contributed by atoms with Crippen molar-refractivity contribution in [1.82, 2.24) is 0 Å². The molecule has 0 aromatic carbocycles. The summed E-state index contributed by atoms with van der Waals surface area (Å²) in [6.45, 7) is 6.99. The molecule has 0 aliphatic carbocycles. The summed E-state index contributed by atoms with van der Waals surface area (Å²) >= 11 is 0. The Balaban J connectivity index is 0. The number of hydrogen-bond donors (Lipinski definition) is 1. The average Bonchev–Trinajstić information content (AvgIpc) is 2.17. The van der Waals surface area contributed by atoms with E-state index >= 15 is 0 Å². The maximum absolute atomic E-state index is 8.29. The van der Waals surface area contributed by atoms with Crippen LogP contribution in [0.3, 0.4) is 0 Å². The average molecular weight is 188 g/mol. The first kappa shape index (κ1) is 15.4. The van der Waals surface area contributed by atoms with Gasteiger partial charge < -0.3 is 5.11 Å². The van der Waals surface area contributed by atoms with Gasteiger partial charge in [0.2, 0.25) is 0 Å². The molecule has 1 N–H and O–H groups in total. The van der Waals surface area contributed by atoms with Crippen LogP contribution in [0.15, 0.2) is 0 Å². The van der Waals surface area contributed by atoms with Crippen molar-refractivity contribution in [2.45, 2.75) is 72.1 Å². The SMILES string of the molecule is CCCCCC.CCCCCCO. The zero-order valence-electron chi connectivity index (χ0n) is 9.81. The molecule has 1 nitrogen and oxygen atoms in total. The van der Waals surface area contributed by atoms with E-state index < -0.39 is 0 Å². The predicted molar refractivity (Wildman–Crippen MR) is 61.0 cm³/mol. The Kier molecular flexibility index (Phi) is 21.2. The van der Waals surface area contributed by atoms with Gasteiger partial charge in [-0.2, -0.15) is 0 Å². The van der Waals surface area contributed by atoms with Crippen LogP contribution in [0.5, 0.6) is 0 Å². The van der Waals surface area contributed by atoms with Crippen LogP contribution in [-0.4, -0.2) is 11.7 Å². The van der Waals surface area contributed by atoms with Gasteiger partial charge in [-0.1, -0.05) is 65.7 Å². The molecule has 0 bridgehead atoms. The van der Waals surface area contributed by atoms with Crippen LogP contribution in [-0.2, 0) is 0 Å². The summed E-state index contributed by atoms with van der Waals surface area (Å²) in [5.74, 6) is 0. The Morgan fingerprint density at radius 3 is 1.31 bits per heavy atom. The molecular formula is C12H28O. The molecule has 0 saturated heterocycles. The van der Waals surface area contributed by atoms with Gasteiger partial charge in [-0.25, -0.2) is 0 Å². The predicted octanol–water partition coefficient (Wildman–Crippen LogP) is 4.15. The molecule has 1 heteroatoms. The molecule has 0 amide bonds. The molecule has 82 valence electrons. The summed E-state index contributed by atoms with van der Waals surface area (Å²) in [7, 11) is 0. The Morgan fingerprint density at radius 1 is 0.615 bits per heavy atom. The number of unbranched alkanes of at least 4 members (excludes halogenated alkanes) is 6. The quantitative estimate of drug-likeness (QED) is 0.595. The van der Waals surface area contributed by atoms with E-state index in [-0.39, 0.29) is 0 Å². The summed E-state index contributed by atoms with van der Waals surface area (Å²) in [4.78, 5) is 0. The Bertz CT molecular complexity index is 54.1. The Morgan fingerprint density at radius 2 is 1.00 bits per heavy atom. The van der Waals surface area contributed by atoms with Crippen molar-refractivity contribution >= 4 is 0 Å². The molecule has 0 saturated carbocycles. The van der Waals surface area contributed by atoms with E-state index in [2.05, 4.69) is 20.8 Å². The van der Waals surface area contributed by atoms with Gasteiger partial charge in [-0.3, -0.25) is 0 Å². The minimum Gasteiger partial charge on any atom is -0.396 e. The lowest BCUT2D eigenvalue weighted by Gasteiger charge is -1.90. The van der Waals surface area contributed by atoms with Crippen LogP contribution in [0.2, 0.25) is 0 Å². The zero-order chi connectivity index (χ0) is 10.4. The van der Waals surface area contributed by atoms with E-state index in [1.807, 2.05) is 0 Å². The fourth-order valence-electron chi connectivity index (χ4n) is 1.04. The molecule has 0 heterocycles. The third-order valence-electron chi connectivity index (χ3n) is 1.97. The first-order chi connectivity index (χ1) is 6.33. The zero-order valence-corrected chi connectivity index (χ0v) is 9.81. The lowest BCUT2D eigenvalue weighted by atomic mass is 10.2. The molecule has 0 rings (SSSR count). The van der Waals surface area contributed by atoms with Gasteiger partial charge >= 0.3 is 0 Å². The lowest BCUT2D eigenvalue weighted by Crippen LogP contribution is -1.80. The van der Waals surface area contributed by atoms with Crippen LogP contribution in [0.1, 0.15) is 72.1 Å². The second-order valence-electron chi connectivity index (χ2n) is 3.49. The monoisotopic (exact) mass is 188 g/mol. The third kappa shape index (κ3) is 24.5. The Labute approximate surface area is 84.6 Å². The van der Waals surface area contributed by atoms with E-state index in [9.17, 15) is 0 Å². The maximum atomic E-state index is 8.29. The van der Waals surface area contributed by atoms with Gasteiger partial charge in [-0.15, -0.1) is 0 Å². The third-order valence-corrected chi connectivity index (χ3v) is 1.97. The second kappa shape index (κ2) is 17.9. The highest BCUT2D eigenvalue weighted by Gasteiger charge is 1.80. The smallest absolute Gasteiger partial charge is 0.0431 e. The normalized spacial score (nSPS) is 9.23. The fraction of sp³-hybridized carbons (Fsp3) is 1.00. The van der Waals surface area contributed by atoms with Crippen LogP contribution in [0.25, 0.3) is 0 Å². The van der Waals surface area contributed by atoms with E-state index in [1.165, 1.54) is 44.9 Å². The van der Waals surface area contributed by atoms with E-state index in [0.29, 0.717) is 6.61 Å². The highest BCUT2D eigenvalue weighted by Crippen LogP contribution is 1.96. The molecule has 0 aliphatic rings. The minimum atomic E-state index is 0.361. The molecule has 0 aromatic rings. The van der Waals surface area contributed by atoms with Crippen molar-refractivity contribution in [2.75, 3.05) is 6.61 Å². The minimum absolute atomic E-state index is 0.361. The number of aliphatic hydroxyl groups is 1. The fourth-order valence-corrected chi connectivity index (χ4v) is 1.04. The number of hydrogen-bond acceptors (Lipinski definition) is 1. The van der Waals surface area contributed by atoms with Gasteiger partial charge in [-0.05, 0) is 6.42 Å². The van der Waals surface area contributed by atoms with Gasteiger partial charge in [0.1, 0.15) is 0 Å². The largest absolute Gasteiger partial charge is 0.396 e. The summed E-state index contributed by atoms with van der Waals surface area (Å²) in [6, 6.07) is 0. The van der Waals surface area contributed by atoms with Crippen molar-refractivity contribution in [3.63, 3.8) is 0 Å². The van der Waals surface area contributed by atoms with Gasteiger partial charge in [0.15, 0.2) is 0 Å². The molecule has 13 heavy (non-hydrogen) atoms. The summed E-state index contributed by atoms with van der Waals surface area (Å²) < 4.78 is 0. The molecule has 0 aliphatic heterocycles. The van der Waals surface area contributed by atoms with Gasteiger partial charge in [0.25, 0.3) is 0 Å². The molecule has 0 fully saturated rings. The number of aliphatic hydroxyl groups excluding tert-OH is 1. The van der Waals surface area contributed by atoms with E-state index in [1.54, 1.807) is 0 Å². The van der Waals surface area contributed by atoms with Crippen molar-refractivity contribution in [3.8, 4) is 0 Å². The maximum Gasteiger partial charge on any atom is 0.0431 e. The van der Waals surface area contributed by atoms with Crippen molar-refractivity contribution < 1.29 is 5.11 Å². The van der Waals surface area contributed by atoms with Crippen molar-refractivity contribution in [3.05, 3.63) is 0 Å². The molecule has 0 radical (unpaired) electrons. The molecule has 0 unspecified atom stereocenters. The van der Waals surface area contributed by atoms with Crippen LogP contribution in [0, 0.1) is 0 Å². The molecular weight excluding hydrogens is 160 g/mol. The summed E-state index contributed by atoms with van der Waals surface area (Å²) in [6.07, 6.45) is 10.2. The molecule has 0 atom stereocenters. The standard InChI is InChI=1S/C6H14O.C6H14/c1-2-3-4-5-6-7;1-3-5-6-4-2/h7H,2-6H2,1H3;3-6H2,1-2H3. The molecule has 0 aromatic heterocycles. The first-order valence-electron chi connectivity index (χ1n) is 5.94. The summed E-state index contributed by atoms with van der Waals surface area (Å²) in [5, 5.41) is 8.29. The lowest BCUT2D eigenvalue weighted by molar-refractivity contribution is 0.283.